The molecule has 0 aromatic carbocycles. The zero-order valence-corrected chi connectivity index (χ0v) is 5.28. The Morgan fingerprint density at radius 2 is 1.75 bits per heavy atom. The van der Waals surface area contributed by atoms with E-state index in [1.807, 2.05) is 0 Å². The summed E-state index contributed by atoms with van der Waals surface area (Å²) in [5, 5.41) is 7.57. The van der Waals surface area contributed by atoms with Crippen LogP contribution in [0.3, 0.4) is 0 Å². The molecule has 1 saturated heterocycles. The Balaban J connectivity index is 0.000000145. The minimum Gasteiger partial charge on any atom is -0.397 e. The van der Waals surface area contributed by atoms with E-state index in [-0.39, 0.29) is 6.61 Å². The highest BCUT2D eigenvalue weighted by molar-refractivity contribution is 4.51. The molecule has 0 radical (unpaired) electrons. The van der Waals surface area contributed by atoms with Crippen molar-refractivity contribution in [1.82, 2.24) is 10.9 Å². The Morgan fingerprint density at radius 3 is 1.88 bits per heavy atom. The molecule has 50 valence electrons. The highest BCUT2D eigenvalue weighted by atomic mass is 16.2. The summed E-state index contributed by atoms with van der Waals surface area (Å²) in [5.41, 5.74) is 5.94. The van der Waals surface area contributed by atoms with Crippen LogP contribution in [0.2, 0.25) is 0 Å². The summed E-state index contributed by atoms with van der Waals surface area (Å²) >= 11 is 0. The lowest BCUT2D eigenvalue weighted by Crippen LogP contribution is -2.21. The average Bonchev–Trinajstić information content (AvgIpc) is 2.17. The molecule has 0 aromatic heterocycles. The molecule has 1 rings (SSSR count). The predicted octanol–water partition coefficient (Wildman–Crippen LogP) is -0.517. The van der Waals surface area contributed by atoms with Gasteiger partial charge in [-0.15, -0.1) is 0 Å². The second kappa shape index (κ2) is 6.88. The van der Waals surface area contributed by atoms with Gasteiger partial charge in [-0.3, -0.25) is 10.9 Å². The van der Waals surface area contributed by atoms with Crippen LogP contribution in [0.5, 0.6) is 0 Å². The Kier molecular flexibility index (Phi) is 6.78. The number of rotatable bonds is 0. The molecule has 8 heavy (non-hydrogen) atoms. The number of hydrazine groups is 1. The van der Waals surface area contributed by atoms with Gasteiger partial charge in [-0.25, -0.2) is 0 Å². The van der Waals surface area contributed by atoms with Crippen molar-refractivity contribution in [2.24, 2.45) is 0 Å². The summed E-state index contributed by atoms with van der Waals surface area (Å²) in [7, 11) is 0. The number of hydrogen-bond acceptors (Lipinski definition) is 3. The van der Waals surface area contributed by atoms with Crippen LogP contribution < -0.4 is 10.9 Å². The van der Waals surface area contributed by atoms with Gasteiger partial charge in [0.25, 0.3) is 0 Å². The normalized spacial score (nSPS) is 17.2. The van der Waals surface area contributed by atoms with Gasteiger partial charge in [0.1, 0.15) is 0 Å². The molecule has 0 aromatic rings. The third-order valence-electron chi connectivity index (χ3n) is 0.729. The summed E-state index contributed by atoms with van der Waals surface area (Å²) in [6.07, 6.45) is 1.28. The molecule has 0 spiro atoms. The van der Waals surface area contributed by atoms with Gasteiger partial charge in [0.15, 0.2) is 0 Å². The minimum atomic E-state index is 0.250. The summed E-state index contributed by atoms with van der Waals surface area (Å²) < 4.78 is 0. The van der Waals surface area contributed by atoms with E-state index in [1.54, 1.807) is 6.92 Å². The van der Waals surface area contributed by atoms with Crippen molar-refractivity contribution in [3.05, 3.63) is 0 Å². The molecule has 0 aliphatic carbocycles. The van der Waals surface area contributed by atoms with Gasteiger partial charge in [-0.2, -0.15) is 0 Å². The summed E-state index contributed by atoms with van der Waals surface area (Å²) in [6, 6.07) is 0. The lowest BCUT2D eigenvalue weighted by Gasteiger charge is -1.81. The molecule has 0 saturated carbocycles. The monoisotopic (exact) mass is 118 g/mol. The van der Waals surface area contributed by atoms with Gasteiger partial charge in [-0.1, -0.05) is 0 Å². The first kappa shape index (κ1) is 7.88. The van der Waals surface area contributed by atoms with Crippen LogP contribution in [0.1, 0.15) is 13.3 Å². The van der Waals surface area contributed by atoms with Crippen molar-refractivity contribution < 1.29 is 5.11 Å². The first-order valence-corrected chi connectivity index (χ1v) is 2.98. The highest BCUT2D eigenvalue weighted by Gasteiger charge is 1.91. The van der Waals surface area contributed by atoms with Crippen LogP contribution in [-0.4, -0.2) is 24.8 Å². The first-order valence-electron chi connectivity index (χ1n) is 2.98. The predicted molar refractivity (Wildman–Crippen MR) is 33.4 cm³/mol. The van der Waals surface area contributed by atoms with Gasteiger partial charge in [-0.05, 0) is 13.3 Å². The molecule has 1 heterocycles. The summed E-state index contributed by atoms with van der Waals surface area (Å²) in [6.45, 7) is 4.21. The second-order valence-corrected chi connectivity index (χ2v) is 1.52. The lowest BCUT2D eigenvalue weighted by molar-refractivity contribution is 0.318. The summed E-state index contributed by atoms with van der Waals surface area (Å²) in [5.74, 6) is 0. The highest BCUT2D eigenvalue weighted by Crippen LogP contribution is 1.74. The largest absolute Gasteiger partial charge is 0.397 e. The molecular formula is C5H14N2O. The maximum absolute atomic E-state index is 7.57. The van der Waals surface area contributed by atoms with Crippen molar-refractivity contribution >= 4 is 0 Å². The molecule has 1 fully saturated rings. The van der Waals surface area contributed by atoms with Crippen molar-refractivity contribution in [1.29, 1.82) is 0 Å². The maximum atomic E-state index is 7.57. The molecule has 3 heteroatoms. The van der Waals surface area contributed by atoms with Crippen LogP contribution in [0.25, 0.3) is 0 Å². The molecular weight excluding hydrogens is 104 g/mol. The minimum absolute atomic E-state index is 0.250. The van der Waals surface area contributed by atoms with E-state index < -0.39 is 0 Å². The fourth-order valence-electron chi connectivity index (χ4n) is 0.442. The van der Waals surface area contributed by atoms with E-state index in [0.29, 0.717) is 0 Å². The van der Waals surface area contributed by atoms with Gasteiger partial charge < -0.3 is 5.11 Å². The molecule has 3 N–H and O–H groups in total. The molecule has 0 amide bonds. The van der Waals surface area contributed by atoms with Crippen molar-refractivity contribution in [3.8, 4) is 0 Å². The smallest absolute Gasteiger partial charge is 0.0402 e. The van der Waals surface area contributed by atoms with Crippen LogP contribution >= 0.6 is 0 Å². The molecule has 0 unspecified atom stereocenters. The zero-order valence-electron chi connectivity index (χ0n) is 5.28. The van der Waals surface area contributed by atoms with E-state index >= 15 is 0 Å². The van der Waals surface area contributed by atoms with Gasteiger partial charge in [0.05, 0.1) is 0 Å². The molecule has 1 aliphatic rings. The van der Waals surface area contributed by atoms with Crippen LogP contribution in [-0.2, 0) is 0 Å². The number of aliphatic hydroxyl groups is 1. The Hall–Kier alpha value is -0.120. The molecule has 0 bridgehead atoms. The third kappa shape index (κ3) is 5.88. The van der Waals surface area contributed by atoms with Crippen LogP contribution in [0, 0.1) is 0 Å². The Labute approximate surface area is 50.1 Å². The third-order valence-corrected chi connectivity index (χ3v) is 0.729. The van der Waals surface area contributed by atoms with Crippen LogP contribution in [0.15, 0.2) is 0 Å². The first-order chi connectivity index (χ1) is 3.91. The topological polar surface area (TPSA) is 44.3 Å². The fourth-order valence-corrected chi connectivity index (χ4v) is 0.442. The lowest BCUT2D eigenvalue weighted by atomic mass is 10.5. The van der Waals surface area contributed by atoms with Gasteiger partial charge >= 0.3 is 0 Å². The average molecular weight is 118 g/mol. The Bertz CT molecular complexity index is 29.8. The SMILES string of the molecule is C1CNNC1.CCO. The molecule has 1 aliphatic heterocycles. The quantitative estimate of drug-likeness (QED) is 0.401. The van der Waals surface area contributed by atoms with Crippen molar-refractivity contribution in [2.45, 2.75) is 13.3 Å². The maximum Gasteiger partial charge on any atom is 0.0402 e. The van der Waals surface area contributed by atoms with E-state index in [4.69, 9.17) is 5.11 Å². The van der Waals surface area contributed by atoms with E-state index in [0.717, 1.165) is 13.1 Å². The van der Waals surface area contributed by atoms with Gasteiger partial charge in [0, 0.05) is 19.7 Å². The van der Waals surface area contributed by atoms with E-state index in [9.17, 15) is 0 Å². The summed E-state index contributed by atoms with van der Waals surface area (Å²) in [4.78, 5) is 0. The van der Waals surface area contributed by atoms with E-state index in [1.165, 1.54) is 6.42 Å². The van der Waals surface area contributed by atoms with E-state index in [2.05, 4.69) is 10.9 Å². The number of aliphatic hydroxyl groups excluding tert-OH is 1. The molecule has 3 nitrogen and oxygen atoms in total. The molecule has 0 atom stereocenters. The zero-order chi connectivity index (χ0) is 6.24. The number of hydrogen-bond donors (Lipinski definition) is 3. The Morgan fingerprint density at radius 1 is 1.38 bits per heavy atom. The van der Waals surface area contributed by atoms with Crippen molar-refractivity contribution in [2.75, 3.05) is 19.7 Å². The number of nitrogens with one attached hydrogen (secondary N) is 2. The second-order valence-electron chi connectivity index (χ2n) is 1.52. The van der Waals surface area contributed by atoms with Crippen molar-refractivity contribution in [3.63, 3.8) is 0 Å². The van der Waals surface area contributed by atoms with Gasteiger partial charge in [0.2, 0.25) is 0 Å². The standard InChI is InChI=1S/C3H8N2.C2H6O/c1-2-4-5-3-1;1-2-3/h4-5H,1-3H2;3H,2H2,1H3. The van der Waals surface area contributed by atoms with Crippen LogP contribution in [0.4, 0.5) is 0 Å². The fraction of sp³-hybridized carbons (Fsp3) is 1.00.